The second kappa shape index (κ2) is 10.1. The second-order valence-corrected chi connectivity index (χ2v) is 3.81. The van der Waals surface area contributed by atoms with Crippen molar-refractivity contribution in [1.29, 1.82) is 0 Å². The zero-order valence-corrected chi connectivity index (χ0v) is 12.4. The standard InChI is InChI=1S/C7H11Cl2N2O.C2H4O2.Ag/c1-10-5-11(3-2-4-12)7(9)6(10)8;1-2(3)4;/h5,12H,2-4H2,1H3;1H3,(H,3,4);/q-1;;+1. The number of halogens is 2. The first-order valence-electron chi connectivity index (χ1n) is 4.60. The molecule has 0 saturated heterocycles. The predicted molar refractivity (Wildman–Crippen MR) is 62.5 cm³/mol. The van der Waals surface area contributed by atoms with Gasteiger partial charge in [-0.1, -0.05) is 23.2 Å². The van der Waals surface area contributed by atoms with Gasteiger partial charge in [0.05, 0.1) is 0 Å². The van der Waals surface area contributed by atoms with Crippen molar-refractivity contribution in [2.24, 2.45) is 0 Å². The van der Waals surface area contributed by atoms with E-state index in [1.807, 2.05) is 7.05 Å². The summed E-state index contributed by atoms with van der Waals surface area (Å²) in [6.45, 7) is 3.74. The molecular weight excluding hydrogens is 363 g/mol. The van der Waals surface area contributed by atoms with Crippen LogP contribution in [-0.4, -0.2) is 46.2 Å². The van der Waals surface area contributed by atoms with Crippen molar-refractivity contribution < 1.29 is 37.4 Å². The first kappa shape index (κ1) is 19.4. The SMILES string of the molecule is CC(=O)O.CN1[CH-]N(CCCO)C(Cl)=C1Cl.[Ag+]. The maximum atomic E-state index is 9.00. The molecule has 0 aromatic carbocycles. The predicted octanol–water partition coefficient (Wildman–Crippen LogP) is 1.43. The number of carboxylic acids is 1. The van der Waals surface area contributed by atoms with Crippen molar-refractivity contribution in [3.05, 3.63) is 17.0 Å². The Morgan fingerprint density at radius 1 is 1.41 bits per heavy atom. The quantitative estimate of drug-likeness (QED) is 0.442. The van der Waals surface area contributed by atoms with Crippen LogP contribution < -0.4 is 0 Å². The first-order valence-corrected chi connectivity index (χ1v) is 5.35. The average molecular weight is 378 g/mol. The van der Waals surface area contributed by atoms with Crippen molar-refractivity contribution in [3.63, 3.8) is 0 Å². The maximum absolute atomic E-state index is 9.00. The molecule has 104 valence electrons. The van der Waals surface area contributed by atoms with E-state index >= 15 is 0 Å². The topological polar surface area (TPSA) is 64.0 Å². The zero-order chi connectivity index (χ0) is 12.7. The Labute approximate surface area is 126 Å². The molecule has 1 rings (SSSR count). The number of nitrogens with zero attached hydrogens (tertiary/aromatic N) is 2. The van der Waals surface area contributed by atoms with Crippen LogP contribution >= 0.6 is 23.2 Å². The molecule has 2 N–H and O–H groups in total. The fourth-order valence-electron chi connectivity index (χ4n) is 0.971. The van der Waals surface area contributed by atoms with E-state index < -0.39 is 5.97 Å². The number of aliphatic carboxylic acids is 1. The molecule has 0 amide bonds. The molecular formula is C9H15AgCl2N2O3. The number of hydrogen-bond donors (Lipinski definition) is 2. The van der Waals surface area contributed by atoms with Gasteiger partial charge in [-0.15, -0.1) is 0 Å². The van der Waals surface area contributed by atoms with Crippen LogP contribution in [0.1, 0.15) is 13.3 Å². The third-order valence-corrected chi connectivity index (χ3v) is 2.54. The molecule has 0 aromatic heterocycles. The second-order valence-electron chi connectivity index (χ2n) is 3.10. The van der Waals surface area contributed by atoms with E-state index in [1.54, 1.807) is 16.5 Å². The molecule has 0 fully saturated rings. The molecule has 0 spiro atoms. The van der Waals surface area contributed by atoms with Gasteiger partial charge in [-0.3, -0.25) is 4.79 Å². The molecule has 17 heavy (non-hydrogen) atoms. The van der Waals surface area contributed by atoms with Crippen molar-refractivity contribution in [3.8, 4) is 0 Å². The van der Waals surface area contributed by atoms with Crippen LogP contribution in [0.15, 0.2) is 10.3 Å². The minimum atomic E-state index is -0.833. The van der Waals surface area contributed by atoms with Crippen molar-refractivity contribution in [2.75, 3.05) is 20.2 Å². The molecule has 1 aliphatic rings. The summed E-state index contributed by atoms with van der Waals surface area (Å²) in [5.41, 5.74) is 0. The molecule has 8 heteroatoms. The first-order chi connectivity index (χ1) is 7.40. The van der Waals surface area contributed by atoms with Crippen LogP contribution in [0.2, 0.25) is 0 Å². The summed E-state index contributed by atoms with van der Waals surface area (Å²) in [4.78, 5) is 12.5. The summed E-state index contributed by atoms with van der Waals surface area (Å²) in [5, 5.41) is 17.1. The Morgan fingerprint density at radius 3 is 2.18 bits per heavy atom. The Morgan fingerprint density at radius 2 is 1.88 bits per heavy atom. The number of hydrogen-bond acceptors (Lipinski definition) is 4. The van der Waals surface area contributed by atoms with E-state index in [4.69, 9.17) is 38.2 Å². The molecule has 1 aliphatic heterocycles. The van der Waals surface area contributed by atoms with Crippen LogP contribution in [0.3, 0.4) is 0 Å². The number of aliphatic hydroxyl groups excluding tert-OH is 1. The van der Waals surface area contributed by atoms with Crippen LogP contribution in [0, 0.1) is 6.67 Å². The Kier molecular flexibility index (Phi) is 11.5. The fourth-order valence-corrected chi connectivity index (χ4v) is 1.39. The van der Waals surface area contributed by atoms with E-state index in [-0.39, 0.29) is 29.0 Å². The van der Waals surface area contributed by atoms with Crippen molar-refractivity contribution in [1.82, 2.24) is 9.80 Å². The van der Waals surface area contributed by atoms with E-state index in [2.05, 4.69) is 0 Å². The van der Waals surface area contributed by atoms with Gasteiger partial charge in [0, 0.05) is 13.5 Å². The third kappa shape index (κ3) is 7.91. The van der Waals surface area contributed by atoms with Crippen LogP contribution in [0.5, 0.6) is 0 Å². The maximum Gasteiger partial charge on any atom is 1.00 e. The van der Waals surface area contributed by atoms with Gasteiger partial charge >= 0.3 is 22.4 Å². The summed E-state index contributed by atoms with van der Waals surface area (Å²) in [7, 11) is 1.82. The number of aliphatic hydroxyl groups is 1. The minimum Gasteiger partial charge on any atom is -0.494 e. The van der Waals surface area contributed by atoms with Gasteiger partial charge in [0.15, 0.2) is 0 Å². The zero-order valence-electron chi connectivity index (χ0n) is 9.45. The fraction of sp³-hybridized carbons (Fsp3) is 0.556. The van der Waals surface area contributed by atoms with Gasteiger partial charge < -0.3 is 20.0 Å². The molecule has 0 radical (unpaired) electrons. The monoisotopic (exact) mass is 376 g/mol. The number of carboxylic acid groups (broad SMARTS) is 1. The molecule has 1 heterocycles. The van der Waals surface area contributed by atoms with Crippen LogP contribution in [0.25, 0.3) is 0 Å². The summed E-state index contributed by atoms with van der Waals surface area (Å²) >= 11 is 11.7. The summed E-state index contributed by atoms with van der Waals surface area (Å²) in [6.07, 6.45) is 0.685. The van der Waals surface area contributed by atoms with Gasteiger partial charge in [0.2, 0.25) is 0 Å². The van der Waals surface area contributed by atoms with Gasteiger partial charge in [0.25, 0.3) is 5.97 Å². The Bertz CT molecular complexity index is 273. The number of rotatable bonds is 3. The van der Waals surface area contributed by atoms with E-state index in [9.17, 15) is 0 Å². The Balaban J connectivity index is 0. The smallest absolute Gasteiger partial charge is 0.494 e. The van der Waals surface area contributed by atoms with Gasteiger partial charge in [0.1, 0.15) is 10.3 Å². The van der Waals surface area contributed by atoms with Crippen LogP contribution in [0.4, 0.5) is 0 Å². The molecule has 0 aromatic rings. The van der Waals surface area contributed by atoms with Crippen molar-refractivity contribution in [2.45, 2.75) is 13.3 Å². The van der Waals surface area contributed by atoms with E-state index in [0.29, 0.717) is 23.3 Å². The molecule has 0 saturated carbocycles. The largest absolute Gasteiger partial charge is 1.00 e. The minimum absolute atomic E-state index is 0. The van der Waals surface area contributed by atoms with Gasteiger partial charge in [-0.05, 0) is 20.0 Å². The molecule has 5 nitrogen and oxygen atoms in total. The third-order valence-electron chi connectivity index (χ3n) is 1.60. The van der Waals surface area contributed by atoms with Crippen molar-refractivity contribution >= 4 is 29.2 Å². The van der Waals surface area contributed by atoms with E-state index in [1.165, 1.54) is 0 Å². The van der Waals surface area contributed by atoms with Gasteiger partial charge in [-0.25, -0.2) is 0 Å². The molecule has 0 bridgehead atoms. The summed E-state index contributed by atoms with van der Waals surface area (Å²) in [6, 6.07) is 0. The molecule has 0 atom stereocenters. The van der Waals surface area contributed by atoms with Crippen LogP contribution in [-0.2, 0) is 27.2 Å². The summed E-state index contributed by atoms with van der Waals surface area (Å²) in [5.74, 6) is -0.833. The Hall–Kier alpha value is 0.0903. The molecule has 0 unspecified atom stereocenters. The van der Waals surface area contributed by atoms with Gasteiger partial charge in [-0.2, -0.15) is 6.67 Å². The van der Waals surface area contributed by atoms with E-state index in [0.717, 1.165) is 6.92 Å². The average Bonchev–Trinajstić information content (AvgIpc) is 2.42. The normalized spacial score (nSPS) is 14.2. The number of carbonyl (C=O) groups is 1. The summed E-state index contributed by atoms with van der Waals surface area (Å²) < 4.78 is 0. The molecule has 0 aliphatic carbocycles.